The average molecular weight is 746 g/mol. The number of phenolic OH excluding ortho intramolecular Hbond substituents is 1. The van der Waals surface area contributed by atoms with Gasteiger partial charge in [0.05, 0.1) is 6.07 Å². The Morgan fingerprint density at radius 2 is 1.77 bits per heavy atom. The van der Waals surface area contributed by atoms with Crippen LogP contribution in [0.1, 0.15) is 47.3 Å². The number of amidine groups is 1. The number of carbonyl (C=O) groups excluding carboxylic acids is 4. The normalized spacial score (nSPS) is 14.9. The van der Waals surface area contributed by atoms with Crippen molar-refractivity contribution >= 4 is 58.2 Å². The van der Waals surface area contributed by atoms with E-state index in [1.54, 1.807) is 19.2 Å². The SMILES string of the molecule is CCC(=O)N(CC#N)SCCC(=O)N1CCN(c2ccc(-c3ccc4c(c3)C(=O)N(C(C(=O)NC(=NC)SC)c3cc(F)ccc3O)C4)cc2)CC1. The molecule has 1 saturated heterocycles. The number of hydrogen-bond donors (Lipinski definition) is 2. The minimum absolute atomic E-state index is 0.00824. The van der Waals surface area contributed by atoms with E-state index in [4.69, 9.17) is 5.26 Å². The van der Waals surface area contributed by atoms with E-state index < -0.39 is 23.7 Å². The molecule has 2 aliphatic heterocycles. The van der Waals surface area contributed by atoms with E-state index in [0.717, 1.165) is 35.0 Å². The molecule has 2 N–H and O–H groups in total. The van der Waals surface area contributed by atoms with Crippen LogP contribution in [0.25, 0.3) is 11.1 Å². The summed E-state index contributed by atoms with van der Waals surface area (Å²) in [6.45, 7) is 4.28. The fourth-order valence-electron chi connectivity index (χ4n) is 6.20. The second-order valence-corrected chi connectivity index (χ2v) is 14.0. The molecule has 0 spiro atoms. The Bertz CT molecular complexity index is 1890. The van der Waals surface area contributed by atoms with Gasteiger partial charge >= 0.3 is 0 Å². The lowest BCUT2D eigenvalue weighted by atomic mass is 10.00. The number of nitrogens with zero attached hydrogens (tertiary/aromatic N) is 6. The van der Waals surface area contributed by atoms with Gasteiger partial charge < -0.3 is 25.1 Å². The molecule has 1 fully saturated rings. The zero-order valence-electron chi connectivity index (χ0n) is 29.2. The first-order valence-electron chi connectivity index (χ1n) is 16.8. The van der Waals surface area contributed by atoms with E-state index in [1.165, 1.54) is 40.0 Å². The summed E-state index contributed by atoms with van der Waals surface area (Å²) in [5, 5.41) is 22.6. The first-order chi connectivity index (χ1) is 25.1. The van der Waals surface area contributed by atoms with Crippen LogP contribution in [0.15, 0.2) is 65.7 Å². The molecule has 0 aromatic heterocycles. The number of anilines is 1. The van der Waals surface area contributed by atoms with E-state index >= 15 is 0 Å². The van der Waals surface area contributed by atoms with Crippen molar-refractivity contribution in [2.75, 3.05) is 56.7 Å². The van der Waals surface area contributed by atoms with Crippen LogP contribution < -0.4 is 10.2 Å². The van der Waals surface area contributed by atoms with Crippen LogP contribution in [0.3, 0.4) is 0 Å². The maximum absolute atomic E-state index is 14.4. The summed E-state index contributed by atoms with van der Waals surface area (Å²) in [7, 11) is 1.52. The Morgan fingerprint density at radius 3 is 2.42 bits per heavy atom. The molecule has 4 amide bonds. The Morgan fingerprint density at radius 1 is 1.06 bits per heavy atom. The van der Waals surface area contributed by atoms with E-state index in [-0.39, 0.29) is 42.6 Å². The standard InChI is InChI=1S/C37H40FN7O5S2/c1-4-32(47)45(15-14-39)52-20-13-33(48)43-18-16-42(17-19-43)28-10-7-24(8-11-28)25-5-6-26-23-44(36(50)29(26)21-25)34(35(49)41-37(40-2)51-3)30-22-27(38)9-12-31(30)46/h5-12,21-22,34,46H,4,13,15-20,23H2,1-3H3,(H,40,41,49). The lowest BCUT2D eigenvalue weighted by molar-refractivity contribution is -0.131. The average Bonchev–Trinajstić information content (AvgIpc) is 3.49. The van der Waals surface area contributed by atoms with Crippen LogP contribution in [0.2, 0.25) is 0 Å². The topological polar surface area (TPSA) is 150 Å². The molecule has 0 saturated carbocycles. The van der Waals surface area contributed by atoms with Gasteiger partial charge in [-0.2, -0.15) is 5.26 Å². The lowest BCUT2D eigenvalue weighted by Crippen LogP contribution is -2.48. The number of piperazine rings is 1. The summed E-state index contributed by atoms with van der Waals surface area (Å²) < 4.78 is 15.8. The maximum Gasteiger partial charge on any atom is 0.255 e. The monoisotopic (exact) mass is 745 g/mol. The van der Waals surface area contributed by atoms with E-state index in [2.05, 4.69) is 15.2 Å². The molecule has 5 rings (SSSR count). The second-order valence-electron chi connectivity index (χ2n) is 12.1. The zero-order valence-corrected chi connectivity index (χ0v) is 30.8. The number of nitriles is 1. The molecule has 0 radical (unpaired) electrons. The van der Waals surface area contributed by atoms with Crippen LogP contribution in [0, 0.1) is 17.1 Å². The first-order valence-corrected chi connectivity index (χ1v) is 18.9. The van der Waals surface area contributed by atoms with Gasteiger partial charge in [-0.3, -0.25) is 28.5 Å². The van der Waals surface area contributed by atoms with Crippen molar-refractivity contribution in [3.8, 4) is 22.9 Å². The van der Waals surface area contributed by atoms with Gasteiger partial charge in [0.1, 0.15) is 24.2 Å². The third-order valence-corrected chi connectivity index (χ3v) is 10.7. The first kappa shape index (κ1) is 38.2. The Labute approximate surface area is 310 Å². The molecule has 2 heterocycles. The number of benzene rings is 3. The zero-order chi connectivity index (χ0) is 37.4. The number of halogens is 1. The van der Waals surface area contributed by atoms with Crippen molar-refractivity contribution in [3.05, 3.63) is 83.2 Å². The number of phenols is 1. The minimum Gasteiger partial charge on any atom is -0.508 e. The number of aromatic hydroxyl groups is 1. The van der Waals surface area contributed by atoms with Gasteiger partial charge in [0.15, 0.2) is 5.17 Å². The number of fused-ring (bicyclic) bond motifs is 1. The molecule has 12 nitrogen and oxygen atoms in total. The van der Waals surface area contributed by atoms with Crippen molar-refractivity contribution in [1.29, 1.82) is 5.26 Å². The fraction of sp³-hybridized carbons (Fsp3) is 0.351. The van der Waals surface area contributed by atoms with Crippen LogP contribution >= 0.6 is 23.7 Å². The molecule has 1 atom stereocenters. The summed E-state index contributed by atoms with van der Waals surface area (Å²) in [5.74, 6) is -1.68. The molecular formula is C37H40FN7O5S2. The van der Waals surface area contributed by atoms with E-state index in [1.807, 2.05) is 47.4 Å². The van der Waals surface area contributed by atoms with Gasteiger partial charge in [-0.15, -0.1) is 0 Å². The Hall–Kier alpha value is -5.07. The predicted molar refractivity (Wildman–Crippen MR) is 201 cm³/mol. The van der Waals surface area contributed by atoms with E-state index in [9.17, 15) is 28.7 Å². The largest absolute Gasteiger partial charge is 0.508 e. The summed E-state index contributed by atoms with van der Waals surface area (Å²) in [4.78, 5) is 61.6. The van der Waals surface area contributed by atoms with Gasteiger partial charge in [-0.1, -0.05) is 43.0 Å². The van der Waals surface area contributed by atoms with Crippen molar-refractivity contribution in [2.24, 2.45) is 4.99 Å². The molecule has 2 aliphatic rings. The molecule has 52 heavy (non-hydrogen) atoms. The number of rotatable bonds is 11. The highest BCUT2D eigenvalue weighted by atomic mass is 32.2. The van der Waals surface area contributed by atoms with Crippen molar-refractivity contribution in [3.63, 3.8) is 0 Å². The predicted octanol–water partition coefficient (Wildman–Crippen LogP) is 4.81. The van der Waals surface area contributed by atoms with Crippen LogP contribution in [-0.2, 0) is 20.9 Å². The highest BCUT2D eigenvalue weighted by Gasteiger charge is 2.39. The molecule has 272 valence electrons. The summed E-state index contributed by atoms with van der Waals surface area (Å²) in [6.07, 6.45) is 2.33. The Kier molecular flexibility index (Phi) is 12.8. The van der Waals surface area contributed by atoms with Gasteiger partial charge in [-0.05, 0) is 71.3 Å². The second kappa shape index (κ2) is 17.4. The number of hydrogen-bond acceptors (Lipinski definition) is 10. The molecule has 0 bridgehead atoms. The van der Waals surface area contributed by atoms with Crippen molar-refractivity contribution < 1.29 is 28.7 Å². The van der Waals surface area contributed by atoms with Gasteiger partial charge in [0.2, 0.25) is 11.8 Å². The number of nitrogens with one attached hydrogen (secondary N) is 1. The molecule has 3 aromatic carbocycles. The quantitative estimate of drug-likeness (QED) is 0.122. The molecule has 3 aromatic rings. The highest BCUT2D eigenvalue weighted by molar-refractivity contribution is 8.13. The van der Waals surface area contributed by atoms with Gasteiger partial charge in [-0.25, -0.2) is 4.39 Å². The molecule has 0 aliphatic carbocycles. The molecular weight excluding hydrogens is 706 g/mol. The number of amides is 4. The fourth-order valence-corrected chi connectivity index (χ4v) is 7.50. The van der Waals surface area contributed by atoms with Crippen molar-refractivity contribution in [2.45, 2.75) is 32.4 Å². The van der Waals surface area contributed by atoms with E-state index in [0.29, 0.717) is 54.6 Å². The maximum atomic E-state index is 14.4. The van der Waals surface area contributed by atoms with Crippen molar-refractivity contribution in [1.82, 2.24) is 19.4 Å². The van der Waals surface area contributed by atoms with Gasteiger partial charge in [0, 0.05) is 75.2 Å². The summed E-state index contributed by atoms with van der Waals surface area (Å²) in [6, 6.07) is 17.5. The lowest BCUT2D eigenvalue weighted by Gasteiger charge is -2.36. The summed E-state index contributed by atoms with van der Waals surface area (Å²) in [5.41, 5.74) is 3.78. The number of aliphatic imine (C=N–C) groups is 1. The third-order valence-electron chi connectivity index (χ3n) is 8.97. The van der Waals surface area contributed by atoms with Gasteiger partial charge in [0.25, 0.3) is 11.8 Å². The molecule has 15 heteroatoms. The minimum atomic E-state index is -1.31. The number of thioether (sulfide) groups is 1. The third kappa shape index (κ3) is 8.68. The molecule has 1 unspecified atom stereocenters. The van der Waals surface area contributed by atoms with Crippen LogP contribution in [-0.4, -0.2) is 99.8 Å². The highest BCUT2D eigenvalue weighted by Crippen LogP contribution is 2.37. The number of carbonyl (C=O) groups is 4. The van der Waals surface area contributed by atoms with Crippen LogP contribution in [0.5, 0.6) is 5.75 Å². The smallest absolute Gasteiger partial charge is 0.255 e. The van der Waals surface area contributed by atoms with Crippen LogP contribution in [0.4, 0.5) is 10.1 Å². The Balaban J connectivity index is 1.23. The summed E-state index contributed by atoms with van der Waals surface area (Å²) >= 11 is 2.43.